The molecular formula is C26H22FN3O3S. The lowest BCUT2D eigenvalue weighted by Gasteiger charge is -2.24. The number of halogens is 1. The Kier molecular flexibility index (Phi) is 6.17. The predicted octanol–water partition coefficient (Wildman–Crippen LogP) is 5.48. The van der Waals surface area contributed by atoms with Crippen LogP contribution < -0.4 is 9.47 Å². The van der Waals surface area contributed by atoms with Crippen LogP contribution in [-0.4, -0.2) is 27.2 Å². The SMILES string of the molecule is COc1cccc(-c2nc3c(c(SCc4cccc(F)c4)n2)Cc2c(CO)cnc(C)c2O3)c1. The van der Waals surface area contributed by atoms with Crippen molar-refractivity contribution in [2.75, 3.05) is 7.11 Å². The van der Waals surface area contributed by atoms with Gasteiger partial charge in [-0.3, -0.25) is 4.98 Å². The van der Waals surface area contributed by atoms with Gasteiger partial charge in [0, 0.05) is 35.1 Å². The van der Waals surface area contributed by atoms with E-state index in [2.05, 4.69) is 4.98 Å². The maximum atomic E-state index is 13.7. The summed E-state index contributed by atoms with van der Waals surface area (Å²) in [6.45, 7) is 1.73. The number of hydrogen-bond acceptors (Lipinski definition) is 7. The molecule has 0 fully saturated rings. The number of aromatic nitrogens is 3. The number of aryl methyl sites for hydroxylation is 1. The number of methoxy groups -OCH3 is 1. The molecule has 172 valence electrons. The van der Waals surface area contributed by atoms with E-state index in [4.69, 9.17) is 19.4 Å². The number of ether oxygens (including phenoxy) is 2. The van der Waals surface area contributed by atoms with Crippen molar-refractivity contribution in [3.63, 3.8) is 0 Å². The van der Waals surface area contributed by atoms with Crippen molar-refractivity contribution >= 4 is 11.8 Å². The first-order chi connectivity index (χ1) is 16.6. The van der Waals surface area contributed by atoms with Crippen LogP contribution in [0.15, 0.2) is 59.8 Å². The summed E-state index contributed by atoms with van der Waals surface area (Å²) in [5.74, 6) is 2.55. The summed E-state index contributed by atoms with van der Waals surface area (Å²) in [7, 11) is 1.61. The summed E-state index contributed by atoms with van der Waals surface area (Å²) < 4.78 is 25.3. The van der Waals surface area contributed by atoms with Gasteiger partial charge in [0.15, 0.2) is 11.6 Å². The summed E-state index contributed by atoms with van der Waals surface area (Å²) in [6, 6.07) is 14.1. The van der Waals surface area contributed by atoms with E-state index in [1.807, 2.05) is 37.3 Å². The topological polar surface area (TPSA) is 77.4 Å². The monoisotopic (exact) mass is 475 g/mol. The van der Waals surface area contributed by atoms with Crippen LogP contribution in [0, 0.1) is 12.7 Å². The van der Waals surface area contributed by atoms with Gasteiger partial charge >= 0.3 is 0 Å². The molecular weight excluding hydrogens is 453 g/mol. The predicted molar refractivity (Wildman–Crippen MR) is 128 cm³/mol. The molecule has 5 rings (SSSR count). The summed E-state index contributed by atoms with van der Waals surface area (Å²) in [5, 5.41) is 10.6. The molecule has 0 bridgehead atoms. The zero-order chi connectivity index (χ0) is 23.7. The molecule has 1 aliphatic heterocycles. The lowest BCUT2D eigenvalue weighted by atomic mass is 9.99. The van der Waals surface area contributed by atoms with Crippen LogP contribution in [0.25, 0.3) is 11.4 Å². The van der Waals surface area contributed by atoms with Crippen molar-refractivity contribution in [2.24, 2.45) is 0 Å². The Balaban J connectivity index is 1.60. The maximum Gasteiger partial charge on any atom is 0.227 e. The summed E-state index contributed by atoms with van der Waals surface area (Å²) in [6.07, 6.45) is 2.18. The Morgan fingerprint density at radius 1 is 1.12 bits per heavy atom. The fraction of sp³-hybridized carbons (Fsp3) is 0.192. The Hall–Kier alpha value is -3.49. The molecule has 0 amide bonds. The third-order valence-electron chi connectivity index (χ3n) is 5.65. The third kappa shape index (κ3) is 4.34. The largest absolute Gasteiger partial charge is 0.497 e. The van der Waals surface area contributed by atoms with Crippen LogP contribution in [0.5, 0.6) is 17.4 Å². The highest BCUT2D eigenvalue weighted by Gasteiger charge is 2.27. The van der Waals surface area contributed by atoms with E-state index < -0.39 is 0 Å². The highest BCUT2D eigenvalue weighted by Crippen LogP contribution is 2.43. The Morgan fingerprint density at radius 3 is 2.76 bits per heavy atom. The standard InChI is InChI=1S/C26H22FN3O3S/c1-15-23-21(18(13-31)12-28-15)11-22-25(33-23)29-24(17-6-4-8-20(10-17)32-2)30-26(22)34-14-16-5-3-7-19(27)9-16/h3-10,12,31H,11,13-14H2,1-2H3. The van der Waals surface area contributed by atoms with Crippen molar-refractivity contribution < 1.29 is 19.0 Å². The Labute approximate surface area is 200 Å². The number of nitrogens with zero attached hydrogens (tertiary/aromatic N) is 3. The number of hydrogen-bond donors (Lipinski definition) is 1. The van der Waals surface area contributed by atoms with Crippen LogP contribution in [0.1, 0.15) is 27.9 Å². The molecule has 34 heavy (non-hydrogen) atoms. The van der Waals surface area contributed by atoms with Gasteiger partial charge in [-0.15, -0.1) is 11.8 Å². The molecule has 3 heterocycles. The van der Waals surface area contributed by atoms with Gasteiger partial charge in [0.2, 0.25) is 5.88 Å². The summed E-state index contributed by atoms with van der Waals surface area (Å²) >= 11 is 1.50. The second kappa shape index (κ2) is 9.40. The van der Waals surface area contributed by atoms with Crippen molar-refractivity contribution in [1.29, 1.82) is 0 Å². The fourth-order valence-electron chi connectivity index (χ4n) is 3.88. The molecule has 0 atom stereocenters. The lowest BCUT2D eigenvalue weighted by molar-refractivity contribution is 0.278. The quantitative estimate of drug-likeness (QED) is 0.258. The number of pyridine rings is 1. The number of aliphatic hydroxyl groups is 1. The first-order valence-corrected chi connectivity index (χ1v) is 11.7. The fourth-order valence-corrected chi connectivity index (χ4v) is 4.85. The molecule has 0 unspecified atom stereocenters. The minimum Gasteiger partial charge on any atom is -0.497 e. The maximum absolute atomic E-state index is 13.7. The van der Waals surface area contributed by atoms with E-state index in [9.17, 15) is 9.50 Å². The summed E-state index contributed by atoms with van der Waals surface area (Å²) in [4.78, 5) is 14.0. The number of fused-ring (bicyclic) bond motifs is 2. The molecule has 6 nitrogen and oxygen atoms in total. The molecule has 0 saturated heterocycles. The average molecular weight is 476 g/mol. The second-order valence-corrected chi connectivity index (χ2v) is 8.86. The van der Waals surface area contributed by atoms with Crippen LogP contribution in [0.4, 0.5) is 4.39 Å². The van der Waals surface area contributed by atoms with Gasteiger partial charge in [-0.2, -0.15) is 4.98 Å². The van der Waals surface area contributed by atoms with Crippen molar-refractivity contribution in [2.45, 2.75) is 30.7 Å². The molecule has 0 radical (unpaired) electrons. The van der Waals surface area contributed by atoms with Gasteiger partial charge in [0.25, 0.3) is 0 Å². The van der Waals surface area contributed by atoms with Crippen LogP contribution in [0.3, 0.4) is 0 Å². The molecule has 1 N–H and O–H groups in total. The van der Waals surface area contributed by atoms with E-state index in [-0.39, 0.29) is 12.4 Å². The van der Waals surface area contributed by atoms with E-state index in [1.165, 1.54) is 23.9 Å². The summed E-state index contributed by atoms with van der Waals surface area (Å²) in [5.41, 5.74) is 4.81. The first-order valence-electron chi connectivity index (χ1n) is 10.7. The van der Waals surface area contributed by atoms with Gasteiger partial charge in [-0.25, -0.2) is 9.37 Å². The molecule has 0 spiro atoms. The molecule has 0 aliphatic carbocycles. The highest BCUT2D eigenvalue weighted by atomic mass is 32.2. The molecule has 1 aliphatic rings. The molecule has 2 aromatic heterocycles. The normalized spacial score (nSPS) is 12.0. The minimum absolute atomic E-state index is 0.136. The van der Waals surface area contributed by atoms with Gasteiger partial charge in [0.05, 0.1) is 25.0 Å². The lowest BCUT2D eigenvalue weighted by Crippen LogP contribution is -2.13. The van der Waals surface area contributed by atoms with E-state index in [0.717, 1.165) is 33.0 Å². The molecule has 4 aromatic rings. The molecule has 0 saturated carbocycles. The molecule has 2 aromatic carbocycles. The number of thioether (sulfide) groups is 1. The van der Waals surface area contributed by atoms with Crippen LogP contribution in [-0.2, 0) is 18.8 Å². The number of benzene rings is 2. The van der Waals surface area contributed by atoms with E-state index in [0.29, 0.717) is 40.9 Å². The average Bonchev–Trinajstić information content (AvgIpc) is 2.86. The second-order valence-electron chi connectivity index (χ2n) is 7.90. The van der Waals surface area contributed by atoms with Crippen molar-refractivity contribution in [1.82, 2.24) is 15.0 Å². The molecule has 8 heteroatoms. The van der Waals surface area contributed by atoms with E-state index in [1.54, 1.807) is 19.4 Å². The van der Waals surface area contributed by atoms with Crippen LogP contribution in [0.2, 0.25) is 0 Å². The van der Waals surface area contributed by atoms with Gasteiger partial charge in [-0.1, -0.05) is 24.3 Å². The highest BCUT2D eigenvalue weighted by molar-refractivity contribution is 7.98. The van der Waals surface area contributed by atoms with Crippen molar-refractivity contribution in [3.05, 3.63) is 88.5 Å². The van der Waals surface area contributed by atoms with E-state index >= 15 is 0 Å². The first kappa shape index (κ1) is 22.3. The van der Waals surface area contributed by atoms with Gasteiger partial charge in [0.1, 0.15) is 16.6 Å². The number of rotatable bonds is 6. The van der Waals surface area contributed by atoms with Gasteiger partial charge in [-0.05, 0) is 36.8 Å². The van der Waals surface area contributed by atoms with Crippen molar-refractivity contribution in [3.8, 4) is 28.8 Å². The minimum atomic E-state index is -0.271. The van der Waals surface area contributed by atoms with Gasteiger partial charge < -0.3 is 14.6 Å². The zero-order valence-electron chi connectivity index (χ0n) is 18.7. The smallest absolute Gasteiger partial charge is 0.227 e. The Morgan fingerprint density at radius 2 is 1.97 bits per heavy atom. The Bertz CT molecular complexity index is 1380. The third-order valence-corrected chi connectivity index (χ3v) is 6.74. The number of aliphatic hydroxyl groups excluding tert-OH is 1. The zero-order valence-corrected chi connectivity index (χ0v) is 19.5. The van der Waals surface area contributed by atoms with Crippen LogP contribution >= 0.6 is 11.8 Å².